The highest BCUT2D eigenvalue weighted by Gasteiger charge is 2.37. The normalized spacial score (nSPS) is 20.8. The molecule has 9 nitrogen and oxygen atoms in total. The number of morpholine rings is 1. The van der Waals surface area contributed by atoms with Crippen LogP contribution in [0.2, 0.25) is 0 Å². The van der Waals surface area contributed by atoms with Gasteiger partial charge >= 0.3 is 6.01 Å². The number of methoxy groups -OCH3 is 1. The van der Waals surface area contributed by atoms with Crippen LogP contribution in [0.3, 0.4) is 0 Å². The van der Waals surface area contributed by atoms with E-state index >= 15 is 4.39 Å². The van der Waals surface area contributed by atoms with Gasteiger partial charge in [0.1, 0.15) is 22.8 Å². The molecule has 2 bridgehead atoms. The number of nitrogens with zero attached hydrogens (tertiary/aromatic N) is 6. The fourth-order valence-corrected chi connectivity index (χ4v) is 6.17. The number of aromatic nitrogens is 3. The Hall–Kier alpha value is -4.22. The number of fused-ring (bicyclic) bond motifs is 4. The smallest absolute Gasteiger partial charge is 0.318 e. The van der Waals surface area contributed by atoms with Crippen LogP contribution in [0.15, 0.2) is 54.7 Å². The number of hydrogen-bond acceptors (Lipinski definition) is 8. The minimum absolute atomic E-state index is 0.00112. The number of benzene rings is 2. The van der Waals surface area contributed by atoms with E-state index in [0.717, 1.165) is 26.1 Å². The molecule has 0 aliphatic carbocycles. The quantitative estimate of drug-likeness (QED) is 0.323. The predicted molar refractivity (Wildman–Crippen MR) is 154 cm³/mol. The zero-order valence-electron chi connectivity index (χ0n) is 23.2. The summed E-state index contributed by atoms with van der Waals surface area (Å²) < 4.78 is 41.9. The number of piperidine rings is 1. The summed E-state index contributed by atoms with van der Waals surface area (Å²) in [5, 5.41) is 1.36. The second-order valence-corrected chi connectivity index (χ2v) is 10.9. The molecular weight excluding hydrogens is 542 g/mol. The number of carbonyl (C=O) groups is 1. The lowest BCUT2D eigenvalue weighted by atomic mass is 9.99. The van der Waals surface area contributed by atoms with Crippen molar-refractivity contribution in [2.75, 3.05) is 57.8 Å². The molecule has 2 atom stereocenters. The number of piperazine rings is 1. The molecule has 0 radical (unpaired) electrons. The fourth-order valence-electron chi connectivity index (χ4n) is 6.17. The van der Waals surface area contributed by atoms with Crippen LogP contribution in [0.25, 0.3) is 32.9 Å². The second-order valence-electron chi connectivity index (χ2n) is 10.9. The molecule has 216 valence electrons. The topological polar surface area (TPSA) is 83.9 Å². The first-order valence-electron chi connectivity index (χ1n) is 14.1. The van der Waals surface area contributed by atoms with E-state index in [1.807, 2.05) is 11.0 Å². The van der Waals surface area contributed by atoms with Crippen molar-refractivity contribution in [2.45, 2.75) is 18.6 Å². The maximum absolute atomic E-state index is 16.1. The number of halogens is 2. The van der Waals surface area contributed by atoms with Crippen LogP contribution in [-0.4, -0.2) is 95.8 Å². The van der Waals surface area contributed by atoms with E-state index in [9.17, 15) is 9.18 Å². The van der Waals surface area contributed by atoms with Gasteiger partial charge in [0, 0.05) is 75.5 Å². The van der Waals surface area contributed by atoms with Crippen LogP contribution in [0, 0.1) is 11.6 Å². The number of carbonyl (C=O) groups excluding carboxylic acids is 1. The molecule has 2 unspecified atom stereocenters. The molecule has 4 saturated heterocycles. The lowest BCUT2D eigenvalue weighted by Crippen LogP contribution is -2.57. The van der Waals surface area contributed by atoms with Crippen LogP contribution < -0.4 is 9.64 Å². The molecule has 1 amide bonds. The van der Waals surface area contributed by atoms with Gasteiger partial charge < -0.3 is 19.3 Å². The van der Waals surface area contributed by atoms with Gasteiger partial charge in [-0.1, -0.05) is 36.4 Å². The largest absolute Gasteiger partial charge is 0.467 e. The predicted octanol–water partition coefficient (Wildman–Crippen LogP) is 3.81. The van der Waals surface area contributed by atoms with Crippen LogP contribution >= 0.6 is 0 Å². The minimum Gasteiger partial charge on any atom is -0.467 e. The van der Waals surface area contributed by atoms with Crippen molar-refractivity contribution in [2.24, 2.45) is 0 Å². The average molecular weight is 573 g/mol. The highest BCUT2D eigenvalue weighted by Crippen LogP contribution is 2.36. The van der Waals surface area contributed by atoms with Crippen molar-refractivity contribution in [3.8, 4) is 17.3 Å². The van der Waals surface area contributed by atoms with Crippen LogP contribution in [0.1, 0.15) is 6.42 Å². The van der Waals surface area contributed by atoms with Gasteiger partial charge in [-0.15, -0.1) is 0 Å². The van der Waals surface area contributed by atoms with E-state index in [1.54, 1.807) is 41.3 Å². The molecule has 11 heteroatoms. The summed E-state index contributed by atoms with van der Waals surface area (Å²) in [6, 6.07) is 9.92. The lowest BCUT2D eigenvalue weighted by molar-refractivity contribution is -0.178. The van der Waals surface area contributed by atoms with Crippen LogP contribution in [-0.2, 0) is 9.53 Å². The van der Waals surface area contributed by atoms with Gasteiger partial charge in [-0.25, -0.2) is 8.78 Å². The molecule has 4 aromatic rings. The molecule has 0 N–H and O–H groups in total. The number of rotatable bonds is 6. The van der Waals surface area contributed by atoms with Gasteiger partial charge in [0.25, 0.3) is 0 Å². The van der Waals surface area contributed by atoms with Gasteiger partial charge in [0.15, 0.2) is 5.82 Å². The van der Waals surface area contributed by atoms with Crippen molar-refractivity contribution in [1.82, 2.24) is 24.8 Å². The Bertz CT molecular complexity index is 1690. The monoisotopic (exact) mass is 572 g/mol. The minimum atomic E-state index is -0.679. The summed E-state index contributed by atoms with van der Waals surface area (Å²) in [7, 11) is 1.42. The average Bonchev–Trinajstić information content (AvgIpc) is 3.00. The summed E-state index contributed by atoms with van der Waals surface area (Å²) in [4.78, 5) is 32.2. The molecule has 2 aromatic heterocycles. The molecule has 4 fully saturated rings. The number of hydrogen-bond donors (Lipinski definition) is 0. The molecule has 4 aliphatic heterocycles. The highest BCUT2D eigenvalue weighted by atomic mass is 19.1. The van der Waals surface area contributed by atoms with E-state index in [4.69, 9.17) is 9.47 Å². The SMILES string of the molecule is COc1nc(N2CCN(C(=O)/C=C/CN3CC4CC(C3)O4)CC2)c2cnc(-c3cccc4cccc(F)c34)c(F)c2n1. The van der Waals surface area contributed by atoms with Crippen molar-refractivity contribution in [3.63, 3.8) is 0 Å². The van der Waals surface area contributed by atoms with Gasteiger partial charge in [-0.3, -0.25) is 14.7 Å². The fraction of sp³-hybridized carbons (Fsp3) is 0.355. The van der Waals surface area contributed by atoms with Crippen molar-refractivity contribution >= 4 is 33.4 Å². The molecule has 42 heavy (non-hydrogen) atoms. The molecule has 0 spiro atoms. The lowest BCUT2D eigenvalue weighted by Gasteiger charge is -2.46. The van der Waals surface area contributed by atoms with Crippen LogP contribution in [0.5, 0.6) is 6.01 Å². The second kappa shape index (κ2) is 10.9. The molecule has 8 rings (SSSR count). The Kier molecular flexibility index (Phi) is 6.91. The van der Waals surface area contributed by atoms with Gasteiger partial charge in [0.05, 0.1) is 24.7 Å². The molecular formula is C31H30F2N6O3. The summed E-state index contributed by atoms with van der Waals surface area (Å²) in [6.07, 6.45) is 6.93. The Morgan fingerprint density at radius 2 is 1.81 bits per heavy atom. The number of ether oxygens (including phenoxy) is 2. The molecule has 6 heterocycles. The molecule has 2 aromatic carbocycles. The first kappa shape index (κ1) is 26.7. The summed E-state index contributed by atoms with van der Waals surface area (Å²) >= 11 is 0. The third kappa shape index (κ3) is 4.82. The standard InChI is InChI=1S/C31H30F2N6O3/c1-41-31-35-29-23(16-34-28(27(29)33)22-7-2-5-19-6-3-8-24(32)26(19)22)30(36-31)39-13-11-38(12-14-39)25(40)9-4-10-37-17-20-15-21(18-37)42-20/h2-9,16,20-21H,10-15,17-18H2,1H3/b9-4+. The summed E-state index contributed by atoms with van der Waals surface area (Å²) in [5.41, 5.74) is 0.383. The van der Waals surface area contributed by atoms with Gasteiger partial charge in [0.2, 0.25) is 5.91 Å². The first-order chi connectivity index (χ1) is 20.5. The summed E-state index contributed by atoms with van der Waals surface area (Å²) in [5.74, 6) is -0.683. The van der Waals surface area contributed by atoms with E-state index in [-0.39, 0.29) is 23.1 Å². The number of pyridine rings is 1. The van der Waals surface area contributed by atoms with Crippen molar-refractivity contribution in [1.29, 1.82) is 0 Å². The Labute approximate surface area is 241 Å². The van der Waals surface area contributed by atoms with Crippen molar-refractivity contribution in [3.05, 3.63) is 66.4 Å². The molecule has 0 saturated carbocycles. The highest BCUT2D eigenvalue weighted by molar-refractivity contribution is 5.99. The van der Waals surface area contributed by atoms with E-state index in [1.165, 1.54) is 19.4 Å². The van der Waals surface area contributed by atoms with E-state index < -0.39 is 11.6 Å². The third-order valence-corrected chi connectivity index (χ3v) is 8.28. The maximum Gasteiger partial charge on any atom is 0.318 e. The van der Waals surface area contributed by atoms with Crippen molar-refractivity contribution < 1.29 is 23.0 Å². The number of anilines is 1. The Morgan fingerprint density at radius 1 is 1.07 bits per heavy atom. The van der Waals surface area contributed by atoms with E-state index in [2.05, 4.69) is 19.9 Å². The summed E-state index contributed by atoms with van der Waals surface area (Å²) in [6.45, 7) is 4.55. The van der Waals surface area contributed by atoms with Gasteiger partial charge in [-0.05, 0) is 11.5 Å². The zero-order valence-corrected chi connectivity index (χ0v) is 23.2. The first-order valence-corrected chi connectivity index (χ1v) is 14.1. The molecule has 4 aliphatic rings. The van der Waals surface area contributed by atoms with Crippen LogP contribution in [0.4, 0.5) is 14.6 Å². The Balaban J connectivity index is 1.11. The van der Waals surface area contributed by atoms with Gasteiger partial charge in [-0.2, -0.15) is 9.97 Å². The maximum atomic E-state index is 16.1. The third-order valence-electron chi connectivity index (χ3n) is 8.28. The Morgan fingerprint density at radius 3 is 2.55 bits per heavy atom. The zero-order chi connectivity index (χ0) is 28.8. The van der Waals surface area contributed by atoms with E-state index in [0.29, 0.717) is 65.9 Å². The number of amides is 1.